The number of benzene rings is 5. The average Bonchev–Trinajstić information content (AvgIpc) is 3.67. The van der Waals surface area contributed by atoms with E-state index >= 15 is 0 Å². The monoisotopic (exact) mass is 707 g/mol. The number of ether oxygens (including phenoxy) is 2. The van der Waals surface area contributed by atoms with E-state index in [1.165, 1.54) is 58.1 Å². The molecule has 5 aromatic carbocycles. The number of thioether (sulfide) groups is 1. The molecule has 51 heavy (non-hydrogen) atoms. The van der Waals surface area contributed by atoms with Crippen molar-refractivity contribution in [2.45, 2.75) is 45.1 Å². The molecule has 0 saturated carbocycles. The number of fused-ring (bicyclic) bond motifs is 5. The van der Waals surface area contributed by atoms with Crippen molar-refractivity contribution in [2.24, 2.45) is 5.41 Å². The summed E-state index contributed by atoms with van der Waals surface area (Å²) < 4.78 is 15.5. The zero-order valence-electron chi connectivity index (χ0n) is 29.7. The molecule has 2 aliphatic rings. The van der Waals surface area contributed by atoms with E-state index in [0.29, 0.717) is 6.61 Å². The van der Waals surface area contributed by atoms with Gasteiger partial charge in [0.25, 0.3) is 5.01 Å². The van der Waals surface area contributed by atoms with Crippen molar-refractivity contribution >= 4 is 66.6 Å². The number of nitrogens with zero attached hydrogens (tertiary/aromatic N) is 2. The summed E-state index contributed by atoms with van der Waals surface area (Å²) in [5.41, 5.74) is 5.42. The quantitative estimate of drug-likeness (QED) is 0.140. The minimum Gasteiger partial charge on any atom is -0.497 e. The lowest BCUT2D eigenvalue weighted by molar-refractivity contribution is -0.669. The predicted octanol–water partition coefficient (Wildman–Crippen LogP) is 11.7. The largest absolute Gasteiger partial charge is 0.497 e. The number of aromatic nitrogens is 1. The summed E-state index contributed by atoms with van der Waals surface area (Å²) in [6.45, 7) is 9.28. The molecule has 0 amide bonds. The lowest BCUT2D eigenvalue weighted by Crippen LogP contribution is -2.38. The van der Waals surface area contributed by atoms with E-state index in [4.69, 9.17) is 9.47 Å². The fourth-order valence-corrected chi connectivity index (χ4v) is 9.98. The van der Waals surface area contributed by atoms with Gasteiger partial charge < -0.3 is 14.4 Å². The van der Waals surface area contributed by atoms with Crippen LogP contribution in [0.15, 0.2) is 142 Å². The minimum absolute atomic E-state index is 0.174. The average molecular weight is 708 g/mol. The zero-order chi connectivity index (χ0) is 35.0. The molecule has 4 nitrogen and oxygen atoms in total. The Balaban J connectivity index is 1.07. The van der Waals surface area contributed by atoms with E-state index in [2.05, 4.69) is 152 Å². The van der Waals surface area contributed by atoms with Gasteiger partial charge in [-0.3, -0.25) is 0 Å². The van der Waals surface area contributed by atoms with E-state index < -0.39 is 0 Å². The first-order valence-electron chi connectivity index (χ1n) is 17.8. The second-order valence-electron chi connectivity index (χ2n) is 14.1. The molecule has 0 bridgehead atoms. The molecule has 256 valence electrons. The van der Waals surface area contributed by atoms with Crippen LogP contribution in [0.25, 0.3) is 37.8 Å². The van der Waals surface area contributed by atoms with E-state index in [-0.39, 0.29) is 5.41 Å². The molecule has 8 rings (SSSR count). The highest BCUT2D eigenvalue weighted by Gasteiger charge is 2.29. The molecule has 0 fully saturated rings. The molecular weight excluding hydrogens is 665 g/mol. The summed E-state index contributed by atoms with van der Waals surface area (Å²) >= 11 is 3.70. The van der Waals surface area contributed by atoms with Crippen molar-refractivity contribution in [1.82, 2.24) is 0 Å². The zero-order valence-corrected chi connectivity index (χ0v) is 31.3. The minimum atomic E-state index is 0.174. The predicted molar refractivity (Wildman–Crippen MR) is 217 cm³/mol. The van der Waals surface area contributed by atoms with Gasteiger partial charge in [-0.05, 0) is 76.8 Å². The topological polar surface area (TPSA) is 25.6 Å². The van der Waals surface area contributed by atoms with Crippen molar-refractivity contribution in [3.8, 4) is 11.5 Å². The smallest absolute Gasteiger partial charge is 0.262 e. The molecular formula is C45H43N2O2S2+. The Bertz CT molecular complexity index is 2390. The number of hydrogen-bond donors (Lipinski definition) is 0. The molecule has 0 saturated heterocycles. The van der Waals surface area contributed by atoms with Crippen LogP contribution in [0.1, 0.15) is 38.6 Å². The van der Waals surface area contributed by atoms with E-state index in [1.807, 2.05) is 17.8 Å². The van der Waals surface area contributed by atoms with Crippen LogP contribution in [0.5, 0.6) is 11.5 Å². The molecule has 2 heterocycles. The van der Waals surface area contributed by atoms with Crippen LogP contribution in [0.3, 0.4) is 0 Å². The van der Waals surface area contributed by atoms with Crippen LogP contribution in [-0.2, 0) is 6.54 Å². The Labute approximate surface area is 309 Å². The van der Waals surface area contributed by atoms with Crippen molar-refractivity contribution in [3.63, 3.8) is 0 Å². The maximum Gasteiger partial charge on any atom is 0.262 e. The molecule has 6 aromatic rings. The molecule has 1 aliphatic carbocycles. The summed E-state index contributed by atoms with van der Waals surface area (Å²) in [7, 11) is 1.73. The fraction of sp³-hybridized carbons (Fsp3) is 0.222. The van der Waals surface area contributed by atoms with E-state index in [9.17, 15) is 0 Å². The lowest BCUT2D eigenvalue weighted by atomic mass is 9.75. The highest BCUT2D eigenvalue weighted by molar-refractivity contribution is 8.04. The van der Waals surface area contributed by atoms with Crippen LogP contribution >= 0.6 is 23.1 Å². The molecule has 0 unspecified atom stereocenters. The van der Waals surface area contributed by atoms with E-state index in [0.717, 1.165) is 42.8 Å². The Morgan fingerprint density at radius 2 is 1.67 bits per heavy atom. The molecule has 0 atom stereocenters. The second-order valence-corrected chi connectivity index (χ2v) is 16.1. The molecule has 1 aliphatic heterocycles. The molecule has 1 aromatic heterocycles. The maximum atomic E-state index is 6.39. The van der Waals surface area contributed by atoms with Gasteiger partial charge >= 0.3 is 0 Å². The van der Waals surface area contributed by atoms with Crippen LogP contribution in [0, 0.1) is 5.41 Å². The van der Waals surface area contributed by atoms with Crippen molar-refractivity contribution in [1.29, 1.82) is 0 Å². The van der Waals surface area contributed by atoms with Gasteiger partial charge in [0.2, 0.25) is 5.52 Å². The van der Waals surface area contributed by atoms with Gasteiger partial charge in [0, 0.05) is 35.0 Å². The summed E-state index contributed by atoms with van der Waals surface area (Å²) in [4.78, 5) is 3.84. The van der Waals surface area contributed by atoms with Gasteiger partial charge in [-0.1, -0.05) is 122 Å². The Hall–Kier alpha value is -4.78. The van der Waals surface area contributed by atoms with Crippen molar-refractivity contribution in [2.75, 3.05) is 25.2 Å². The van der Waals surface area contributed by atoms with Gasteiger partial charge in [0.1, 0.15) is 22.8 Å². The Kier molecular flexibility index (Phi) is 9.22. The van der Waals surface area contributed by atoms with E-state index in [1.54, 1.807) is 18.4 Å². The highest BCUT2D eigenvalue weighted by Crippen LogP contribution is 2.50. The van der Waals surface area contributed by atoms with Gasteiger partial charge in [0.05, 0.1) is 17.8 Å². The first kappa shape index (κ1) is 33.4. The third kappa shape index (κ3) is 6.83. The van der Waals surface area contributed by atoms with Gasteiger partial charge in [0.15, 0.2) is 6.54 Å². The molecule has 0 radical (unpaired) electrons. The first-order chi connectivity index (χ1) is 24.9. The van der Waals surface area contributed by atoms with Crippen molar-refractivity contribution < 1.29 is 14.0 Å². The third-order valence-electron chi connectivity index (χ3n) is 9.79. The lowest BCUT2D eigenvalue weighted by Gasteiger charge is -2.31. The second kappa shape index (κ2) is 14.1. The number of allylic oxidation sites excluding steroid dienone is 6. The summed E-state index contributed by atoms with van der Waals surface area (Å²) in [5, 5.41) is 7.46. The third-order valence-corrected chi connectivity index (χ3v) is 12.1. The Morgan fingerprint density at radius 1 is 0.882 bits per heavy atom. The number of anilines is 1. The SMILES string of the molecule is CCN1/C(=C/C2=CC(=C/C=C/c3sc4cc(OC)ccc4[n+]3CCOc3cccc4ccccc34)/CC(C)(C)C2)Sc2c1ccc1ccccc21. The summed E-state index contributed by atoms with van der Waals surface area (Å²) in [5.74, 6) is 1.79. The fourth-order valence-electron chi connectivity index (χ4n) is 7.52. The van der Waals surface area contributed by atoms with Crippen molar-refractivity contribution in [3.05, 3.63) is 143 Å². The van der Waals surface area contributed by atoms with Crippen LogP contribution in [0.2, 0.25) is 0 Å². The maximum absolute atomic E-state index is 6.39. The normalized spacial score (nSPS) is 17.3. The van der Waals surface area contributed by atoms with Crippen LogP contribution in [0.4, 0.5) is 5.69 Å². The number of hydrogen-bond acceptors (Lipinski definition) is 5. The standard InChI is InChI=1S/C45H43N2O2S2/c1-5-46-39-22-20-34-14-7-9-17-37(34)44(39)51-43(46)27-32-26-31(29-45(2,3)30-32)12-10-19-42-47(38-23-21-35(48-4)28-41(38)50-42)24-25-49-40-18-11-15-33-13-6-8-16-36(33)40/h6-23,26-28H,5,24-25,29-30H2,1-4H3/q+1. The number of methoxy groups -OCH3 is 1. The van der Waals surface area contributed by atoms with Gasteiger partial charge in [-0.25, -0.2) is 0 Å². The number of thiazole rings is 1. The van der Waals surface area contributed by atoms with Gasteiger partial charge in [-0.2, -0.15) is 4.57 Å². The highest BCUT2D eigenvalue weighted by atomic mass is 32.2. The Morgan fingerprint density at radius 3 is 2.49 bits per heavy atom. The number of rotatable bonds is 9. The van der Waals surface area contributed by atoms with Gasteiger partial charge in [-0.15, -0.1) is 0 Å². The molecule has 6 heteroatoms. The summed E-state index contributed by atoms with van der Waals surface area (Å²) in [6, 6.07) is 34.3. The first-order valence-corrected chi connectivity index (χ1v) is 19.4. The molecule has 0 N–H and O–H groups in total. The van der Waals surface area contributed by atoms with Crippen LogP contribution < -0.4 is 18.9 Å². The van der Waals surface area contributed by atoms with Crippen LogP contribution in [-0.4, -0.2) is 20.3 Å². The summed E-state index contributed by atoms with van der Waals surface area (Å²) in [6.07, 6.45) is 13.7. The molecule has 0 spiro atoms.